The van der Waals surface area contributed by atoms with Crippen LogP contribution < -0.4 is 4.90 Å². The van der Waals surface area contributed by atoms with Gasteiger partial charge in [0, 0.05) is 30.9 Å². The minimum Gasteiger partial charge on any atom is -0.383 e. The van der Waals surface area contributed by atoms with Gasteiger partial charge in [0.1, 0.15) is 5.82 Å². The van der Waals surface area contributed by atoms with Gasteiger partial charge in [-0.15, -0.1) is 0 Å². The van der Waals surface area contributed by atoms with Gasteiger partial charge in [-0.25, -0.2) is 4.98 Å². The number of nitrogens with zero attached hydrogens (tertiary/aromatic N) is 2. The van der Waals surface area contributed by atoms with Crippen LogP contribution in [0.25, 0.3) is 0 Å². The quantitative estimate of drug-likeness (QED) is 0.747. The van der Waals surface area contributed by atoms with Crippen molar-refractivity contribution in [3.8, 4) is 0 Å². The van der Waals surface area contributed by atoms with Crippen LogP contribution >= 0.6 is 15.9 Å². The van der Waals surface area contributed by atoms with Crippen LogP contribution in [0.3, 0.4) is 0 Å². The van der Waals surface area contributed by atoms with Crippen LogP contribution in [0.1, 0.15) is 19.3 Å². The molecule has 1 aliphatic carbocycles. The number of rotatable bonds is 6. The van der Waals surface area contributed by atoms with Crippen LogP contribution in [0.15, 0.2) is 35.0 Å². The maximum atomic E-state index is 5.21. The highest BCUT2D eigenvalue weighted by Crippen LogP contribution is 2.22. The smallest absolute Gasteiger partial charge is 0.128 e. The van der Waals surface area contributed by atoms with Crippen molar-refractivity contribution in [3.63, 3.8) is 0 Å². The van der Waals surface area contributed by atoms with Crippen molar-refractivity contribution in [3.05, 3.63) is 35.0 Å². The molecule has 0 bridgehead atoms. The summed E-state index contributed by atoms with van der Waals surface area (Å²) in [7, 11) is 1.75. The zero-order chi connectivity index (χ0) is 13.5. The lowest BCUT2D eigenvalue weighted by atomic mass is 9.94. The minimum absolute atomic E-state index is 0.729. The molecule has 1 aromatic rings. The van der Waals surface area contributed by atoms with E-state index in [2.05, 4.69) is 44.0 Å². The molecule has 1 heterocycles. The zero-order valence-corrected chi connectivity index (χ0v) is 13.0. The molecule has 0 radical (unpaired) electrons. The molecule has 0 saturated carbocycles. The summed E-state index contributed by atoms with van der Waals surface area (Å²) in [5.41, 5.74) is 0. The number of hydrogen-bond acceptors (Lipinski definition) is 3. The summed E-state index contributed by atoms with van der Waals surface area (Å²) >= 11 is 3.43. The maximum absolute atomic E-state index is 5.21. The van der Waals surface area contributed by atoms with Gasteiger partial charge in [0.25, 0.3) is 0 Å². The van der Waals surface area contributed by atoms with Crippen molar-refractivity contribution >= 4 is 21.7 Å². The van der Waals surface area contributed by atoms with Gasteiger partial charge in [0.2, 0.25) is 0 Å². The third-order valence-corrected chi connectivity index (χ3v) is 3.93. The molecule has 1 aliphatic rings. The summed E-state index contributed by atoms with van der Waals surface area (Å²) in [6, 6.07) is 4.11. The van der Waals surface area contributed by atoms with Gasteiger partial charge >= 0.3 is 0 Å². The molecule has 19 heavy (non-hydrogen) atoms. The Bertz CT molecular complexity index is 405. The van der Waals surface area contributed by atoms with E-state index in [0.717, 1.165) is 35.9 Å². The second-order valence-corrected chi connectivity index (χ2v) is 5.84. The normalized spacial score (nSPS) is 18.5. The molecule has 0 aromatic carbocycles. The molecule has 1 aromatic heterocycles. The predicted octanol–water partition coefficient (Wildman–Crippen LogP) is 3.65. The highest BCUT2D eigenvalue weighted by molar-refractivity contribution is 9.10. The van der Waals surface area contributed by atoms with Crippen molar-refractivity contribution in [1.82, 2.24) is 4.98 Å². The first kappa shape index (κ1) is 14.5. The number of methoxy groups -OCH3 is 1. The lowest BCUT2D eigenvalue weighted by Gasteiger charge is -2.29. The standard InChI is InChI=1S/C15H21BrN2O/c1-19-10-9-18(12-13-5-3-2-4-6-13)15-8-7-14(16)11-17-15/h2-3,7-8,11,13H,4-6,9-10,12H2,1H3. The summed E-state index contributed by atoms with van der Waals surface area (Å²) in [5.74, 6) is 1.77. The van der Waals surface area contributed by atoms with Crippen LogP contribution in [0, 0.1) is 5.92 Å². The molecular formula is C15H21BrN2O. The van der Waals surface area contributed by atoms with Gasteiger partial charge in [-0.1, -0.05) is 12.2 Å². The first-order valence-electron chi connectivity index (χ1n) is 6.80. The van der Waals surface area contributed by atoms with Gasteiger partial charge in [0.05, 0.1) is 6.61 Å². The van der Waals surface area contributed by atoms with Gasteiger partial charge in [-0.2, -0.15) is 0 Å². The molecule has 0 amide bonds. The first-order valence-corrected chi connectivity index (χ1v) is 7.59. The summed E-state index contributed by atoms with van der Waals surface area (Å²) in [4.78, 5) is 6.84. The summed E-state index contributed by atoms with van der Waals surface area (Å²) < 4.78 is 6.23. The number of ether oxygens (including phenoxy) is 1. The fourth-order valence-electron chi connectivity index (χ4n) is 2.39. The number of pyridine rings is 1. The van der Waals surface area contributed by atoms with Crippen LogP contribution in [-0.4, -0.2) is 31.8 Å². The second kappa shape index (κ2) is 7.65. The van der Waals surface area contributed by atoms with E-state index < -0.39 is 0 Å². The number of hydrogen-bond donors (Lipinski definition) is 0. The van der Waals surface area contributed by atoms with Gasteiger partial charge in [0.15, 0.2) is 0 Å². The van der Waals surface area contributed by atoms with Gasteiger partial charge in [-0.3, -0.25) is 0 Å². The number of allylic oxidation sites excluding steroid dienone is 2. The average Bonchev–Trinajstić information content (AvgIpc) is 2.45. The highest BCUT2D eigenvalue weighted by Gasteiger charge is 2.16. The third-order valence-electron chi connectivity index (χ3n) is 3.46. The zero-order valence-electron chi connectivity index (χ0n) is 11.4. The lowest BCUT2D eigenvalue weighted by Crippen LogP contribution is -2.33. The first-order chi connectivity index (χ1) is 9.29. The number of aromatic nitrogens is 1. The Morgan fingerprint density at radius 3 is 2.95 bits per heavy atom. The van der Waals surface area contributed by atoms with E-state index in [9.17, 15) is 0 Å². The van der Waals surface area contributed by atoms with Crippen LogP contribution in [0.5, 0.6) is 0 Å². The molecule has 0 saturated heterocycles. The van der Waals surface area contributed by atoms with E-state index >= 15 is 0 Å². The molecule has 1 atom stereocenters. The topological polar surface area (TPSA) is 25.4 Å². The van der Waals surface area contributed by atoms with E-state index in [0.29, 0.717) is 0 Å². The molecule has 3 nitrogen and oxygen atoms in total. The van der Waals surface area contributed by atoms with E-state index in [4.69, 9.17) is 4.74 Å². The molecule has 0 spiro atoms. The SMILES string of the molecule is COCCN(CC1CC=CCC1)c1ccc(Br)cn1. The Morgan fingerprint density at radius 1 is 1.42 bits per heavy atom. The second-order valence-electron chi connectivity index (χ2n) is 4.92. The highest BCUT2D eigenvalue weighted by atomic mass is 79.9. The van der Waals surface area contributed by atoms with E-state index in [1.807, 2.05) is 12.3 Å². The monoisotopic (exact) mass is 324 g/mol. The minimum atomic E-state index is 0.729. The molecule has 2 rings (SSSR count). The summed E-state index contributed by atoms with van der Waals surface area (Å²) in [6.07, 6.45) is 10.1. The van der Waals surface area contributed by atoms with Crippen molar-refractivity contribution in [1.29, 1.82) is 0 Å². The molecule has 0 fully saturated rings. The van der Waals surface area contributed by atoms with E-state index in [-0.39, 0.29) is 0 Å². The Hall–Kier alpha value is -0.870. The van der Waals surface area contributed by atoms with E-state index in [1.54, 1.807) is 7.11 Å². The number of halogens is 1. The fraction of sp³-hybridized carbons (Fsp3) is 0.533. The molecule has 4 heteroatoms. The van der Waals surface area contributed by atoms with Crippen molar-refractivity contribution in [2.75, 3.05) is 31.7 Å². The van der Waals surface area contributed by atoms with Gasteiger partial charge in [-0.05, 0) is 53.2 Å². The van der Waals surface area contributed by atoms with Gasteiger partial charge < -0.3 is 9.64 Å². The molecule has 1 unspecified atom stereocenters. The Morgan fingerprint density at radius 2 is 2.32 bits per heavy atom. The third kappa shape index (κ3) is 4.62. The molecule has 0 N–H and O–H groups in total. The fourth-order valence-corrected chi connectivity index (χ4v) is 2.62. The predicted molar refractivity (Wildman–Crippen MR) is 82.5 cm³/mol. The maximum Gasteiger partial charge on any atom is 0.128 e. The van der Waals surface area contributed by atoms with E-state index in [1.165, 1.54) is 19.3 Å². The van der Waals surface area contributed by atoms with Crippen molar-refractivity contribution < 1.29 is 4.74 Å². The average molecular weight is 325 g/mol. The molecule has 0 aliphatic heterocycles. The summed E-state index contributed by atoms with van der Waals surface area (Å²) in [5, 5.41) is 0. The lowest BCUT2D eigenvalue weighted by molar-refractivity contribution is 0.203. The molecular weight excluding hydrogens is 304 g/mol. The largest absolute Gasteiger partial charge is 0.383 e. The van der Waals surface area contributed by atoms with Crippen LogP contribution in [0.2, 0.25) is 0 Å². The number of anilines is 1. The van der Waals surface area contributed by atoms with Crippen molar-refractivity contribution in [2.45, 2.75) is 19.3 Å². The summed E-state index contributed by atoms with van der Waals surface area (Å²) in [6.45, 7) is 2.69. The van der Waals surface area contributed by atoms with Crippen molar-refractivity contribution in [2.24, 2.45) is 5.92 Å². The van der Waals surface area contributed by atoms with Crippen LogP contribution in [0.4, 0.5) is 5.82 Å². The Labute approximate surface area is 123 Å². The Balaban J connectivity index is 2.01. The Kier molecular flexibility index (Phi) is 5.86. The molecule has 104 valence electrons. The van der Waals surface area contributed by atoms with Crippen LogP contribution in [-0.2, 0) is 4.74 Å².